The van der Waals surface area contributed by atoms with Gasteiger partial charge in [-0.05, 0) is 71.1 Å². The molecule has 2 amide bonds. The van der Waals surface area contributed by atoms with Gasteiger partial charge in [0.15, 0.2) is 0 Å². The second kappa shape index (κ2) is 11.9. The van der Waals surface area contributed by atoms with Crippen molar-refractivity contribution in [2.24, 2.45) is 0 Å². The van der Waals surface area contributed by atoms with Crippen LogP contribution in [0.3, 0.4) is 0 Å². The molecular weight excluding hydrogens is 494 g/mol. The van der Waals surface area contributed by atoms with Crippen molar-refractivity contribution in [1.82, 2.24) is 4.90 Å². The van der Waals surface area contributed by atoms with Crippen LogP contribution in [0.5, 0.6) is 0 Å². The Balaban J connectivity index is 1.45. The molecule has 1 fully saturated rings. The molecule has 1 saturated carbocycles. The van der Waals surface area contributed by atoms with Crippen LogP contribution in [0.15, 0.2) is 22.7 Å². The number of ether oxygens (including phenoxy) is 1. The lowest BCUT2D eigenvalue weighted by molar-refractivity contribution is 0.00701. The summed E-state index contributed by atoms with van der Waals surface area (Å²) in [5.41, 5.74) is 0.996. The van der Waals surface area contributed by atoms with Gasteiger partial charge >= 0.3 is 8.80 Å². The van der Waals surface area contributed by atoms with E-state index in [-0.39, 0.29) is 24.0 Å². The van der Waals surface area contributed by atoms with Crippen LogP contribution in [0.4, 0.5) is 0 Å². The van der Waals surface area contributed by atoms with Crippen LogP contribution in [0.25, 0.3) is 0 Å². The molecular formula is C23H34BrNO6Si. The monoisotopic (exact) mass is 527 g/mol. The number of hydrogen-bond acceptors (Lipinski definition) is 6. The van der Waals surface area contributed by atoms with Crippen LogP contribution >= 0.6 is 15.9 Å². The van der Waals surface area contributed by atoms with Gasteiger partial charge in [0.2, 0.25) is 0 Å². The van der Waals surface area contributed by atoms with Gasteiger partial charge in [-0.25, -0.2) is 0 Å². The minimum Gasteiger partial charge on any atom is -0.378 e. The first-order chi connectivity index (χ1) is 15.4. The zero-order chi connectivity index (χ0) is 23.1. The van der Waals surface area contributed by atoms with Gasteiger partial charge in [0.1, 0.15) is 0 Å². The van der Waals surface area contributed by atoms with E-state index in [1.165, 1.54) is 4.90 Å². The van der Waals surface area contributed by atoms with Gasteiger partial charge in [-0.15, -0.1) is 0 Å². The number of nitrogens with zero attached hydrogens (tertiary/aromatic N) is 1. The predicted molar refractivity (Wildman–Crippen MR) is 127 cm³/mol. The molecule has 1 aliphatic carbocycles. The van der Waals surface area contributed by atoms with E-state index in [0.29, 0.717) is 37.6 Å². The maximum Gasteiger partial charge on any atom is 0.501 e. The molecule has 0 atom stereocenters. The summed E-state index contributed by atoms with van der Waals surface area (Å²) in [7, 11) is -2.63. The number of carbonyl (C=O) groups excluding carboxylic acids is 2. The van der Waals surface area contributed by atoms with Crippen molar-refractivity contribution >= 4 is 36.5 Å². The van der Waals surface area contributed by atoms with Crippen LogP contribution in [-0.2, 0) is 18.0 Å². The van der Waals surface area contributed by atoms with Gasteiger partial charge in [-0.2, -0.15) is 0 Å². The summed E-state index contributed by atoms with van der Waals surface area (Å²) < 4.78 is 24.6. The zero-order valence-corrected chi connectivity index (χ0v) is 21.8. The smallest absolute Gasteiger partial charge is 0.378 e. The van der Waals surface area contributed by atoms with E-state index in [0.717, 1.165) is 42.6 Å². The average Bonchev–Trinajstić information content (AvgIpc) is 3.02. The highest BCUT2D eigenvalue weighted by Gasteiger charge is 2.42. The number of hydrogen-bond donors (Lipinski definition) is 0. The van der Waals surface area contributed by atoms with E-state index >= 15 is 0 Å². The highest BCUT2D eigenvalue weighted by molar-refractivity contribution is 9.10. The average molecular weight is 529 g/mol. The molecule has 0 unspecified atom stereocenters. The minimum atomic E-state index is -2.63. The third kappa shape index (κ3) is 5.87. The number of amides is 2. The third-order valence-corrected chi connectivity index (χ3v) is 9.61. The number of benzene rings is 1. The normalized spacial score (nSPS) is 21.3. The molecule has 0 radical (unpaired) electrons. The predicted octanol–water partition coefficient (Wildman–Crippen LogP) is 4.81. The first-order valence-corrected chi connectivity index (χ1v) is 14.4. The van der Waals surface area contributed by atoms with E-state index in [2.05, 4.69) is 15.9 Å². The largest absolute Gasteiger partial charge is 0.501 e. The summed E-state index contributed by atoms with van der Waals surface area (Å²) in [5, 5.41) is 0. The van der Waals surface area contributed by atoms with Crippen LogP contribution in [0.1, 0.15) is 73.6 Å². The fourth-order valence-electron chi connectivity index (χ4n) is 4.57. The fourth-order valence-corrected chi connectivity index (χ4v) is 7.51. The van der Waals surface area contributed by atoms with Crippen LogP contribution < -0.4 is 0 Å². The second-order valence-electron chi connectivity index (χ2n) is 8.06. The fraction of sp³-hybridized carbons (Fsp3) is 0.652. The van der Waals surface area contributed by atoms with E-state index in [1.54, 1.807) is 18.2 Å². The Morgan fingerprint density at radius 1 is 0.938 bits per heavy atom. The van der Waals surface area contributed by atoms with Crippen molar-refractivity contribution in [3.05, 3.63) is 33.8 Å². The molecule has 0 spiro atoms. The minimum absolute atomic E-state index is 0.0602. The Hall–Kier alpha value is -1.10. The summed E-state index contributed by atoms with van der Waals surface area (Å²) >= 11 is 3.38. The molecule has 7 nitrogen and oxygen atoms in total. The molecule has 1 aromatic rings. The molecule has 0 bridgehead atoms. The van der Waals surface area contributed by atoms with Crippen LogP contribution in [0.2, 0.25) is 6.04 Å². The molecule has 1 aliphatic heterocycles. The first-order valence-electron chi connectivity index (χ1n) is 11.7. The molecule has 2 aliphatic rings. The SMILES string of the molecule is CCO[Si](CCCOC1CCC(N2C(=O)c3ccc(Br)cc3C2=O)CC1)(OCC)OCC. The van der Waals surface area contributed by atoms with E-state index in [9.17, 15) is 9.59 Å². The Kier molecular flexibility index (Phi) is 9.45. The Morgan fingerprint density at radius 2 is 1.53 bits per heavy atom. The molecule has 0 saturated heterocycles. The van der Waals surface area contributed by atoms with Gasteiger partial charge in [0.05, 0.1) is 17.2 Å². The topological polar surface area (TPSA) is 74.3 Å². The van der Waals surface area contributed by atoms with Gasteiger partial charge < -0.3 is 18.0 Å². The quantitative estimate of drug-likeness (QED) is 0.220. The summed E-state index contributed by atoms with van der Waals surface area (Å²) in [6.45, 7) is 8.23. The maximum absolute atomic E-state index is 12.8. The van der Waals surface area contributed by atoms with Crippen molar-refractivity contribution < 1.29 is 27.6 Å². The van der Waals surface area contributed by atoms with E-state index in [4.69, 9.17) is 18.0 Å². The lowest BCUT2D eigenvalue weighted by atomic mass is 9.92. The lowest BCUT2D eigenvalue weighted by Gasteiger charge is -2.33. The Bertz CT molecular complexity index is 782. The van der Waals surface area contributed by atoms with Gasteiger partial charge in [0.25, 0.3) is 11.8 Å². The van der Waals surface area contributed by atoms with Crippen molar-refractivity contribution in [2.45, 2.75) is 71.1 Å². The molecule has 178 valence electrons. The number of rotatable bonds is 12. The van der Waals surface area contributed by atoms with Crippen molar-refractivity contribution in [1.29, 1.82) is 0 Å². The highest BCUT2D eigenvalue weighted by atomic mass is 79.9. The number of imide groups is 1. The molecule has 32 heavy (non-hydrogen) atoms. The second-order valence-corrected chi connectivity index (χ2v) is 11.7. The van der Waals surface area contributed by atoms with Crippen LogP contribution in [-0.4, -0.2) is 64.1 Å². The number of carbonyl (C=O) groups is 2. The van der Waals surface area contributed by atoms with Crippen molar-refractivity contribution in [3.8, 4) is 0 Å². The Labute approximate surface area is 200 Å². The number of halogens is 1. The van der Waals surface area contributed by atoms with Crippen LogP contribution in [0, 0.1) is 0 Å². The zero-order valence-electron chi connectivity index (χ0n) is 19.2. The number of fused-ring (bicyclic) bond motifs is 1. The molecule has 9 heteroatoms. The molecule has 1 heterocycles. The molecule has 0 N–H and O–H groups in total. The summed E-state index contributed by atoms with van der Waals surface area (Å²) in [6.07, 6.45) is 4.19. The summed E-state index contributed by atoms with van der Waals surface area (Å²) in [4.78, 5) is 27.1. The van der Waals surface area contributed by atoms with Crippen molar-refractivity contribution in [3.63, 3.8) is 0 Å². The van der Waals surface area contributed by atoms with Gasteiger partial charge in [-0.3, -0.25) is 14.5 Å². The first kappa shape index (κ1) is 25.5. The molecule has 3 rings (SSSR count). The third-order valence-electron chi connectivity index (χ3n) is 5.96. The van der Waals surface area contributed by atoms with Crippen molar-refractivity contribution in [2.75, 3.05) is 26.4 Å². The standard InChI is InChI=1S/C23H34BrNO6Si/c1-4-29-32(30-5-2,31-6-3)15-7-14-28-19-11-9-18(10-12-19)25-22(26)20-13-8-17(24)16-21(20)23(25)27/h8,13,16,18-19H,4-7,9-12,14-15H2,1-3H3. The highest BCUT2D eigenvalue weighted by Crippen LogP contribution is 2.33. The molecule has 0 aromatic heterocycles. The maximum atomic E-state index is 12.8. The lowest BCUT2D eigenvalue weighted by Crippen LogP contribution is -2.46. The van der Waals surface area contributed by atoms with E-state index < -0.39 is 8.80 Å². The summed E-state index contributed by atoms with van der Waals surface area (Å²) in [6, 6.07) is 5.95. The van der Waals surface area contributed by atoms with Gasteiger partial charge in [0, 0.05) is 43.0 Å². The van der Waals surface area contributed by atoms with Gasteiger partial charge in [-0.1, -0.05) is 15.9 Å². The Morgan fingerprint density at radius 3 is 2.12 bits per heavy atom. The summed E-state index contributed by atoms with van der Waals surface area (Å²) in [5.74, 6) is -0.356. The molecule has 1 aromatic carbocycles. The van der Waals surface area contributed by atoms with E-state index in [1.807, 2.05) is 20.8 Å².